The molecule has 0 bridgehead atoms. The van der Waals surface area contributed by atoms with Crippen LogP contribution < -0.4 is 5.32 Å². The van der Waals surface area contributed by atoms with E-state index in [1.807, 2.05) is 22.6 Å². The summed E-state index contributed by atoms with van der Waals surface area (Å²) in [5.41, 5.74) is 0.970. The van der Waals surface area contributed by atoms with Gasteiger partial charge in [0.15, 0.2) is 0 Å². The fourth-order valence-corrected chi connectivity index (χ4v) is 2.36. The van der Waals surface area contributed by atoms with Crippen molar-refractivity contribution in [3.05, 3.63) is 31.9 Å². The van der Waals surface area contributed by atoms with Crippen molar-refractivity contribution >= 4 is 34.0 Å². The Balaban J connectivity index is 1.93. The number of halogens is 1. The number of rotatable bonds is 4. The van der Waals surface area contributed by atoms with Crippen LogP contribution >= 0.6 is 22.6 Å². The van der Waals surface area contributed by atoms with Crippen LogP contribution in [0.3, 0.4) is 0 Å². The van der Waals surface area contributed by atoms with Gasteiger partial charge in [0.2, 0.25) is 0 Å². The maximum atomic E-state index is 10.7. The summed E-state index contributed by atoms with van der Waals surface area (Å²) in [5, 5.41) is 13.9. The Hall–Kier alpha value is -0.930. The molecule has 1 aromatic rings. The molecule has 0 aromatic heterocycles. The summed E-state index contributed by atoms with van der Waals surface area (Å²) in [7, 11) is 0. The number of anilines is 1. The first-order valence-electron chi connectivity index (χ1n) is 5.54. The highest BCUT2D eigenvalue weighted by atomic mass is 127. The molecule has 7 heteroatoms. The molecule has 0 aliphatic carbocycles. The molecule has 1 aliphatic heterocycles. The van der Waals surface area contributed by atoms with Crippen LogP contribution in [0.15, 0.2) is 18.2 Å². The molecule has 1 aromatic carbocycles. The summed E-state index contributed by atoms with van der Waals surface area (Å²) >= 11 is 1.96. The maximum absolute atomic E-state index is 10.7. The van der Waals surface area contributed by atoms with E-state index in [1.54, 1.807) is 12.1 Å². The van der Waals surface area contributed by atoms with Crippen molar-refractivity contribution in [2.24, 2.45) is 0 Å². The molecule has 1 atom stereocenters. The molecule has 1 unspecified atom stereocenters. The van der Waals surface area contributed by atoms with Crippen molar-refractivity contribution in [1.29, 1.82) is 0 Å². The van der Waals surface area contributed by atoms with E-state index in [0.717, 1.165) is 5.69 Å². The summed E-state index contributed by atoms with van der Waals surface area (Å²) in [6.07, 6.45) is 0.0339. The van der Waals surface area contributed by atoms with E-state index in [-0.39, 0.29) is 16.7 Å². The van der Waals surface area contributed by atoms with E-state index in [4.69, 9.17) is 9.47 Å². The van der Waals surface area contributed by atoms with Gasteiger partial charge in [0, 0.05) is 18.3 Å². The predicted molar refractivity (Wildman–Crippen MR) is 74.9 cm³/mol. The first-order chi connectivity index (χ1) is 8.66. The number of benzene rings is 1. The van der Waals surface area contributed by atoms with Crippen molar-refractivity contribution < 1.29 is 14.4 Å². The molecule has 0 spiro atoms. The van der Waals surface area contributed by atoms with Gasteiger partial charge in [-0.2, -0.15) is 0 Å². The number of hydrogen-bond acceptors (Lipinski definition) is 5. The highest BCUT2D eigenvalue weighted by Gasteiger charge is 2.15. The standard InChI is InChI=1S/C11H13IN2O4/c12-10-5-8(1-2-11(10)14(15)16)13-6-9-7-17-3-4-18-9/h1-2,5,9,13H,3-4,6-7H2. The first kappa shape index (κ1) is 13.5. The van der Waals surface area contributed by atoms with E-state index < -0.39 is 0 Å². The second kappa shape index (κ2) is 6.30. The van der Waals surface area contributed by atoms with Crippen molar-refractivity contribution in [3.8, 4) is 0 Å². The summed E-state index contributed by atoms with van der Waals surface area (Å²) < 4.78 is 11.4. The summed E-state index contributed by atoms with van der Waals surface area (Å²) in [6, 6.07) is 4.95. The molecule has 6 nitrogen and oxygen atoms in total. The van der Waals surface area contributed by atoms with Gasteiger partial charge in [-0.3, -0.25) is 10.1 Å². The third-order valence-corrected chi connectivity index (χ3v) is 3.43. The molecule has 0 radical (unpaired) electrons. The fourth-order valence-electron chi connectivity index (χ4n) is 1.65. The number of nitrogens with one attached hydrogen (secondary N) is 1. The van der Waals surface area contributed by atoms with Gasteiger partial charge in [-0.25, -0.2) is 0 Å². The average molecular weight is 364 g/mol. The maximum Gasteiger partial charge on any atom is 0.282 e. The zero-order chi connectivity index (χ0) is 13.0. The predicted octanol–water partition coefficient (Wildman–Crippen LogP) is 2.03. The van der Waals surface area contributed by atoms with Gasteiger partial charge in [0.1, 0.15) is 0 Å². The van der Waals surface area contributed by atoms with Crippen LogP contribution in [0.25, 0.3) is 0 Å². The lowest BCUT2D eigenvalue weighted by Gasteiger charge is -2.23. The van der Waals surface area contributed by atoms with Crippen LogP contribution in [0, 0.1) is 13.7 Å². The van der Waals surface area contributed by atoms with Crippen LogP contribution in [-0.2, 0) is 9.47 Å². The molecule has 2 rings (SSSR count). The molecule has 0 amide bonds. The molecular formula is C11H13IN2O4. The minimum atomic E-state index is -0.385. The largest absolute Gasteiger partial charge is 0.382 e. The van der Waals surface area contributed by atoms with E-state index in [0.29, 0.717) is 29.9 Å². The molecular weight excluding hydrogens is 351 g/mol. The number of ether oxygens (including phenoxy) is 2. The lowest BCUT2D eigenvalue weighted by molar-refractivity contribution is -0.385. The van der Waals surface area contributed by atoms with Gasteiger partial charge in [0.25, 0.3) is 5.69 Å². The van der Waals surface area contributed by atoms with Crippen molar-refractivity contribution in [1.82, 2.24) is 0 Å². The van der Waals surface area contributed by atoms with Crippen LogP contribution in [0.4, 0.5) is 11.4 Å². The second-order valence-electron chi connectivity index (χ2n) is 3.87. The summed E-state index contributed by atoms with van der Waals surface area (Å²) in [6.45, 7) is 2.47. The van der Waals surface area contributed by atoms with Crippen molar-refractivity contribution in [2.75, 3.05) is 31.7 Å². The van der Waals surface area contributed by atoms with Gasteiger partial charge < -0.3 is 14.8 Å². The Bertz CT molecular complexity index is 435. The molecule has 18 heavy (non-hydrogen) atoms. The summed E-state index contributed by atoms with van der Waals surface area (Å²) in [5.74, 6) is 0. The lowest BCUT2D eigenvalue weighted by atomic mass is 10.2. The zero-order valence-corrected chi connectivity index (χ0v) is 11.8. The highest BCUT2D eigenvalue weighted by molar-refractivity contribution is 14.1. The zero-order valence-electron chi connectivity index (χ0n) is 9.60. The Morgan fingerprint density at radius 1 is 1.50 bits per heavy atom. The second-order valence-corrected chi connectivity index (χ2v) is 5.03. The monoisotopic (exact) mass is 364 g/mol. The van der Waals surface area contributed by atoms with E-state index >= 15 is 0 Å². The normalized spacial score (nSPS) is 19.5. The highest BCUT2D eigenvalue weighted by Crippen LogP contribution is 2.24. The van der Waals surface area contributed by atoms with Gasteiger partial charge in [-0.15, -0.1) is 0 Å². The number of nitrogens with zero attached hydrogens (tertiary/aromatic N) is 1. The van der Waals surface area contributed by atoms with Gasteiger partial charge in [-0.05, 0) is 34.7 Å². The van der Waals surface area contributed by atoms with Gasteiger partial charge >= 0.3 is 0 Å². The Morgan fingerprint density at radius 2 is 2.33 bits per heavy atom. The number of nitro groups is 1. The Morgan fingerprint density at radius 3 is 2.94 bits per heavy atom. The fraction of sp³-hybridized carbons (Fsp3) is 0.455. The number of nitro benzene ring substituents is 1. The minimum Gasteiger partial charge on any atom is -0.382 e. The average Bonchev–Trinajstić information content (AvgIpc) is 2.37. The Kier molecular flexibility index (Phi) is 4.72. The first-order valence-corrected chi connectivity index (χ1v) is 6.62. The van der Waals surface area contributed by atoms with E-state index in [2.05, 4.69) is 5.32 Å². The molecule has 1 fully saturated rings. The number of hydrogen-bond donors (Lipinski definition) is 1. The van der Waals surface area contributed by atoms with Crippen LogP contribution in [-0.4, -0.2) is 37.4 Å². The SMILES string of the molecule is O=[N+]([O-])c1ccc(NCC2COCCO2)cc1I. The third kappa shape index (κ3) is 3.53. The van der Waals surface area contributed by atoms with E-state index in [1.165, 1.54) is 6.07 Å². The topological polar surface area (TPSA) is 73.6 Å². The lowest BCUT2D eigenvalue weighted by Crippen LogP contribution is -2.34. The van der Waals surface area contributed by atoms with Gasteiger partial charge in [-0.1, -0.05) is 0 Å². The van der Waals surface area contributed by atoms with Crippen LogP contribution in [0.1, 0.15) is 0 Å². The molecule has 0 saturated carbocycles. The van der Waals surface area contributed by atoms with Crippen molar-refractivity contribution in [3.63, 3.8) is 0 Å². The third-order valence-electron chi connectivity index (χ3n) is 2.56. The van der Waals surface area contributed by atoms with E-state index in [9.17, 15) is 10.1 Å². The molecule has 1 heterocycles. The van der Waals surface area contributed by atoms with Crippen molar-refractivity contribution in [2.45, 2.75) is 6.10 Å². The molecule has 1 N–H and O–H groups in total. The van der Waals surface area contributed by atoms with Gasteiger partial charge in [0.05, 0.1) is 34.4 Å². The Labute approximate surface area is 118 Å². The molecule has 1 aliphatic rings. The summed E-state index contributed by atoms with van der Waals surface area (Å²) in [4.78, 5) is 10.3. The minimum absolute atomic E-state index is 0.0339. The van der Waals surface area contributed by atoms with Crippen LogP contribution in [0.5, 0.6) is 0 Å². The van der Waals surface area contributed by atoms with Crippen LogP contribution in [0.2, 0.25) is 0 Å². The quantitative estimate of drug-likeness (QED) is 0.503. The smallest absolute Gasteiger partial charge is 0.282 e. The molecule has 98 valence electrons. The molecule has 1 saturated heterocycles.